The minimum Gasteiger partial charge on any atom is -0.477 e. The molecule has 144 valence electrons. The number of aromatic carboxylic acids is 1. The van der Waals surface area contributed by atoms with Crippen LogP contribution in [0.4, 0.5) is 14.5 Å². The first kappa shape index (κ1) is 18.2. The van der Waals surface area contributed by atoms with E-state index in [2.05, 4.69) is 4.90 Å². The number of aromatic nitrogens is 1. The first-order valence-corrected chi connectivity index (χ1v) is 9.85. The molecule has 6 nitrogen and oxygen atoms in total. The molecular weight excluding hydrogens is 376 g/mol. The number of piperazine rings is 1. The average Bonchev–Trinajstić information content (AvgIpc) is 2.57. The van der Waals surface area contributed by atoms with E-state index in [1.807, 2.05) is 7.05 Å². The molecule has 2 saturated heterocycles. The molecule has 2 aromatic rings. The predicted octanol–water partition coefficient (Wildman–Crippen LogP) is 2.02. The van der Waals surface area contributed by atoms with Crippen LogP contribution in [0.1, 0.15) is 16.4 Å². The van der Waals surface area contributed by atoms with Gasteiger partial charge in [0.1, 0.15) is 17.1 Å². The molecule has 0 atom stereocenters. The molecule has 0 unspecified atom stereocenters. The fourth-order valence-electron chi connectivity index (χ4n) is 3.58. The zero-order chi connectivity index (χ0) is 19.3. The van der Waals surface area contributed by atoms with Crippen LogP contribution in [0, 0.1) is 11.6 Å². The number of nitrogens with zero attached hydrogens (tertiary/aromatic N) is 3. The minimum absolute atomic E-state index is 0.00868. The number of hydrogen-bond acceptors (Lipinski definition) is 5. The van der Waals surface area contributed by atoms with Gasteiger partial charge in [0.05, 0.1) is 16.9 Å². The molecule has 0 radical (unpaired) electrons. The molecule has 0 amide bonds. The van der Waals surface area contributed by atoms with Crippen LogP contribution in [0.5, 0.6) is 0 Å². The van der Waals surface area contributed by atoms with E-state index in [1.165, 1.54) is 10.8 Å². The van der Waals surface area contributed by atoms with Gasteiger partial charge in [-0.05, 0) is 13.1 Å². The SMILES string of the molecule is CN1CCN(c2c(F)cc3c(=O)c(C(=O)O)cn(C4CSC4)c3c2F)CC1. The van der Waals surface area contributed by atoms with Crippen molar-refractivity contribution in [1.29, 1.82) is 0 Å². The lowest BCUT2D eigenvalue weighted by molar-refractivity contribution is 0.0694. The highest BCUT2D eigenvalue weighted by Crippen LogP contribution is 2.36. The Balaban J connectivity index is 1.97. The number of carbonyl (C=O) groups is 1. The molecule has 2 fully saturated rings. The second-order valence-electron chi connectivity index (χ2n) is 6.98. The minimum atomic E-state index is -1.40. The van der Waals surface area contributed by atoms with Crippen molar-refractivity contribution < 1.29 is 18.7 Å². The van der Waals surface area contributed by atoms with Crippen molar-refractivity contribution in [3.05, 3.63) is 39.7 Å². The van der Waals surface area contributed by atoms with E-state index < -0.39 is 28.6 Å². The number of likely N-dealkylation sites (N-methyl/N-ethyl adjacent to an activating group) is 1. The molecule has 2 aliphatic rings. The third-order valence-corrected chi connectivity index (χ3v) is 6.49. The molecule has 3 heterocycles. The van der Waals surface area contributed by atoms with Gasteiger partial charge in [0, 0.05) is 43.9 Å². The van der Waals surface area contributed by atoms with E-state index >= 15 is 4.39 Å². The van der Waals surface area contributed by atoms with Crippen LogP contribution in [0.3, 0.4) is 0 Å². The van der Waals surface area contributed by atoms with Gasteiger partial charge in [-0.15, -0.1) is 0 Å². The number of fused-ring (bicyclic) bond motifs is 1. The molecule has 0 bridgehead atoms. The maximum absolute atomic E-state index is 15.5. The van der Waals surface area contributed by atoms with E-state index in [1.54, 1.807) is 16.7 Å². The molecule has 0 spiro atoms. The predicted molar refractivity (Wildman–Crippen MR) is 101 cm³/mol. The Kier molecular flexibility index (Phi) is 4.59. The van der Waals surface area contributed by atoms with Gasteiger partial charge in [-0.1, -0.05) is 0 Å². The van der Waals surface area contributed by atoms with Crippen LogP contribution in [-0.4, -0.2) is 65.3 Å². The molecule has 0 saturated carbocycles. The van der Waals surface area contributed by atoms with E-state index in [0.717, 1.165) is 6.07 Å². The van der Waals surface area contributed by atoms with E-state index in [4.69, 9.17) is 0 Å². The van der Waals surface area contributed by atoms with Crippen LogP contribution in [0.15, 0.2) is 17.1 Å². The Labute approximate surface area is 158 Å². The number of hydrogen-bond donors (Lipinski definition) is 1. The molecule has 1 N–H and O–H groups in total. The molecule has 9 heteroatoms. The first-order valence-electron chi connectivity index (χ1n) is 8.70. The second kappa shape index (κ2) is 6.79. The zero-order valence-corrected chi connectivity index (χ0v) is 15.6. The molecule has 27 heavy (non-hydrogen) atoms. The smallest absolute Gasteiger partial charge is 0.341 e. The lowest BCUT2D eigenvalue weighted by Gasteiger charge is -2.35. The summed E-state index contributed by atoms with van der Waals surface area (Å²) in [6.45, 7) is 2.32. The summed E-state index contributed by atoms with van der Waals surface area (Å²) in [6.07, 6.45) is 1.20. The number of carboxylic acids is 1. The van der Waals surface area contributed by atoms with E-state index in [-0.39, 0.29) is 22.6 Å². The third-order valence-electron chi connectivity index (χ3n) is 5.25. The Morgan fingerprint density at radius 1 is 1.22 bits per heavy atom. The van der Waals surface area contributed by atoms with Gasteiger partial charge in [0.25, 0.3) is 0 Å². The highest BCUT2D eigenvalue weighted by Gasteiger charge is 2.30. The lowest BCUT2D eigenvalue weighted by Crippen LogP contribution is -2.45. The number of thioether (sulfide) groups is 1. The number of anilines is 1. The normalized spacial score (nSPS) is 18.7. The molecule has 0 aliphatic carbocycles. The third kappa shape index (κ3) is 2.98. The number of rotatable bonds is 3. The second-order valence-corrected chi connectivity index (χ2v) is 8.06. The Bertz CT molecular complexity index is 982. The topological polar surface area (TPSA) is 65.8 Å². The van der Waals surface area contributed by atoms with Crippen molar-refractivity contribution >= 4 is 34.3 Å². The van der Waals surface area contributed by atoms with Crippen LogP contribution in [0.2, 0.25) is 0 Å². The summed E-state index contributed by atoms with van der Waals surface area (Å²) in [5.41, 5.74) is -1.47. The van der Waals surface area contributed by atoms with Crippen molar-refractivity contribution in [2.75, 3.05) is 49.6 Å². The van der Waals surface area contributed by atoms with Crippen LogP contribution in [-0.2, 0) is 0 Å². The van der Waals surface area contributed by atoms with Gasteiger partial charge >= 0.3 is 5.97 Å². The maximum atomic E-state index is 15.5. The van der Waals surface area contributed by atoms with Crippen molar-refractivity contribution in [1.82, 2.24) is 9.47 Å². The monoisotopic (exact) mass is 395 g/mol. The summed E-state index contributed by atoms with van der Waals surface area (Å²) in [7, 11) is 1.95. The fourth-order valence-corrected chi connectivity index (χ4v) is 4.34. The Hall–Kier alpha value is -2.13. The van der Waals surface area contributed by atoms with Gasteiger partial charge in [-0.25, -0.2) is 13.6 Å². The summed E-state index contributed by atoms with van der Waals surface area (Å²) >= 11 is 1.65. The van der Waals surface area contributed by atoms with Gasteiger partial charge in [-0.2, -0.15) is 11.8 Å². The van der Waals surface area contributed by atoms with Crippen LogP contribution < -0.4 is 10.3 Å². The highest BCUT2D eigenvalue weighted by atomic mass is 32.2. The van der Waals surface area contributed by atoms with Crippen LogP contribution >= 0.6 is 11.8 Å². The van der Waals surface area contributed by atoms with Gasteiger partial charge < -0.3 is 19.5 Å². The van der Waals surface area contributed by atoms with Gasteiger partial charge in [0.2, 0.25) is 5.43 Å². The summed E-state index contributed by atoms with van der Waals surface area (Å²) in [5, 5.41) is 9.10. The number of benzene rings is 1. The fraction of sp³-hybridized carbons (Fsp3) is 0.444. The van der Waals surface area contributed by atoms with Crippen LogP contribution in [0.25, 0.3) is 10.9 Å². The first-order chi connectivity index (χ1) is 12.9. The van der Waals surface area contributed by atoms with Crippen molar-refractivity contribution in [3.8, 4) is 0 Å². The maximum Gasteiger partial charge on any atom is 0.341 e. The number of carboxylic acid groups (broad SMARTS) is 1. The standard InChI is InChI=1S/C18H19F2N3O3S/c1-21-2-4-22(5-3-21)16-13(19)6-11-15(14(16)20)23(10-8-27-9-10)7-12(17(11)24)18(25)26/h6-7,10H,2-5,8-9H2,1H3,(H,25,26). The molecule has 4 rings (SSSR count). The Morgan fingerprint density at radius 2 is 1.89 bits per heavy atom. The Morgan fingerprint density at radius 3 is 2.44 bits per heavy atom. The van der Waals surface area contributed by atoms with Gasteiger partial charge in [-0.3, -0.25) is 4.79 Å². The molecule has 2 aliphatic heterocycles. The average molecular weight is 395 g/mol. The van der Waals surface area contributed by atoms with E-state index in [9.17, 15) is 19.1 Å². The van der Waals surface area contributed by atoms with Crippen molar-refractivity contribution in [2.45, 2.75) is 6.04 Å². The zero-order valence-electron chi connectivity index (χ0n) is 14.7. The quantitative estimate of drug-likeness (QED) is 0.858. The number of halogens is 2. The summed E-state index contributed by atoms with van der Waals surface area (Å²) in [4.78, 5) is 27.7. The summed E-state index contributed by atoms with van der Waals surface area (Å²) in [5.74, 6) is -1.64. The number of pyridine rings is 1. The van der Waals surface area contributed by atoms with Crippen molar-refractivity contribution in [2.24, 2.45) is 0 Å². The molecular formula is C18H19F2N3O3S. The van der Waals surface area contributed by atoms with Crippen molar-refractivity contribution in [3.63, 3.8) is 0 Å². The molecule has 1 aromatic carbocycles. The summed E-state index contributed by atoms with van der Waals surface area (Å²) in [6, 6.07) is 0.875. The molecule has 1 aromatic heterocycles. The largest absolute Gasteiger partial charge is 0.477 e. The van der Waals surface area contributed by atoms with Gasteiger partial charge in [0.15, 0.2) is 5.82 Å². The lowest BCUT2D eigenvalue weighted by atomic mass is 10.1. The van der Waals surface area contributed by atoms with E-state index in [0.29, 0.717) is 37.7 Å². The highest BCUT2D eigenvalue weighted by molar-refractivity contribution is 8.00. The summed E-state index contributed by atoms with van der Waals surface area (Å²) < 4.78 is 31.8.